The average Bonchev–Trinajstić information content (AvgIpc) is 2.56. The molecule has 1 aliphatic carbocycles. The molecule has 68 valence electrons. The van der Waals surface area contributed by atoms with E-state index in [1.165, 1.54) is 14.0 Å². The molecule has 0 heterocycles. The topological polar surface area (TPSA) is 43.4 Å². The van der Waals surface area contributed by atoms with Crippen LogP contribution in [0.3, 0.4) is 0 Å². The maximum Gasteiger partial charge on any atom is 0.312 e. The fraction of sp³-hybridized carbons (Fsp3) is 0.778. The van der Waals surface area contributed by atoms with E-state index < -0.39 is 10.8 Å². The lowest BCUT2D eigenvalue weighted by Gasteiger charge is -2.12. The van der Waals surface area contributed by atoms with Crippen LogP contribution < -0.4 is 0 Å². The van der Waals surface area contributed by atoms with Crippen LogP contribution in [0.1, 0.15) is 27.2 Å². The van der Waals surface area contributed by atoms with Gasteiger partial charge in [-0.25, -0.2) is 0 Å². The third-order valence-corrected chi connectivity index (χ3v) is 3.21. The average molecular weight is 170 g/mol. The van der Waals surface area contributed by atoms with Crippen molar-refractivity contribution >= 4 is 11.8 Å². The van der Waals surface area contributed by atoms with Crippen LogP contribution in [-0.2, 0) is 14.3 Å². The van der Waals surface area contributed by atoms with Gasteiger partial charge in [-0.2, -0.15) is 0 Å². The minimum Gasteiger partial charge on any atom is -0.469 e. The summed E-state index contributed by atoms with van der Waals surface area (Å²) in [6.45, 7) is 5.11. The van der Waals surface area contributed by atoms with E-state index in [-0.39, 0.29) is 11.8 Å². The van der Waals surface area contributed by atoms with Crippen molar-refractivity contribution < 1.29 is 14.3 Å². The Balaban J connectivity index is 2.83. The van der Waals surface area contributed by atoms with E-state index in [1.807, 2.05) is 6.92 Å². The minimum absolute atomic E-state index is 0.0652. The van der Waals surface area contributed by atoms with Crippen LogP contribution in [0.2, 0.25) is 0 Å². The number of esters is 1. The number of carbonyl (C=O) groups excluding carboxylic acids is 2. The van der Waals surface area contributed by atoms with E-state index in [1.54, 1.807) is 6.92 Å². The van der Waals surface area contributed by atoms with Crippen LogP contribution in [0.5, 0.6) is 0 Å². The molecule has 3 heteroatoms. The maximum absolute atomic E-state index is 11.2. The molecule has 0 aliphatic heterocycles. The van der Waals surface area contributed by atoms with Crippen molar-refractivity contribution in [2.45, 2.75) is 27.2 Å². The number of carbonyl (C=O) groups is 2. The molecule has 0 aromatic carbocycles. The summed E-state index contributed by atoms with van der Waals surface area (Å²) in [5.41, 5.74) is -1.06. The van der Waals surface area contributed by atoms with Gasteiger partial charge in [-0.3, -0.25) is 9.59 Å². The van der Waals surface area contributed by atoms with Crippen LogP contribution in [0.15, 0.2) is 0 Å². The zero-order valence-corrected chi connectivity index (χ0v) is 7.93. The second-order valence-electron chi connectivity index (χ2n) is 3.89. The van der Waals surface area contributed by atoms with Gasteiger partial charge in [-0.1, -0.05) is 6.92 Å². The Morgan fingerprint density at radius 1 is 1.25 bits per heavy atom. The number of hydrogen-bond donors (Lipinski definition) is 0. The predicted octanol–water partition coefficient (Wildman–Crippen LogP) is 1.16. The van der Waals surface area contributed by atoms with Crippen molar-refractivity contribution in [3.63, 3.8) is 0 Å². The van der Waals surface area contributed by atoms with E-state index in [4.69, 9.17) is 0 Å². The summed E-state index contributed by atoms with van der Waals surface area (Å²) < 4.78 is 4.63. The molecular weight excluding hydrogens is 156 g/mol. The van der Waals surface area contributed by atoms with Gasteiger partial charge in [0, 0.05) is 5.41 Å². The lowest BCUT2D eigenvalue weighted by molar-refractivity contribution is -0.149. The SMILES string of the molecule is COC(=O)C1(C)CC1(C)C(C)=O. The molecular formula is C9H14O3. The normalized spacial score (nSPS) is 39.0. The summed E-state index contributed by atoms with van der Waals surface area (Å²) in [7, 11) is 1.35. The first-order valence-electron chi connectivity index (χ1n) is 3.98. The second kappa shape index (κ2) is 2.31. The van der Waals surface area contributed by atoms with Crippen LogP contribution in [0.4, 0.5) is 0 Å². The van der Waals surface area contributed by atoms with E-state index in [9.17, 15) is 9.59 Å². The Bertz CT molecular complexity index is 246. The Morgan fingerprint density at radius 3 is 2.00 bits per heavy atom. The molecule has 1 fully saturated rings. The van der Waals surface area contributed by atoms with Crippen molar-refractivity contribution in [2.24, 2.45) is 10.8 Å². The van der Waals surface area contributed by atoms with Crippen molar-refractivity contribution in [3.8, 4) is 0 Å². The zero-order chi connectivity index (χ0) is 9.57. The highest BCUT2D eigenvalue weighted by molar-refractivity contribution is 5.96. The highest BCUT2D eigenvalue weighted by atomic mass is 16.5. The molecule has 0 saturated heterocycles. The summed E-state index contributed by atoms with van der Waals surface area (Å²) >= 11 is 0. The number of ether oxygens (including phenoxy) is 1. The minimum atomic E-state index is -0.576. The summed E-state index contributed by atoms with van der Waals surface area (Å²) in [6.07, 6.45) is 0.613. The zero-order valence-electron chi connectivity index (χ0n) is 7.93. The molecule has 0 amide bonds. The smallest absolute Gasteiger partial charge is 0.312 e. The van der Waals surface area contributed by atoms with Gasteiger partial charge in [0.15, 0.2) is 0 Å². The van der Waals surface area contributed by atoms with Gasteiger partial charge in [0.1, 0.15) is 5.78 Å². The third-order valence-electron chi connectivity index (χ3n) is 3.21. The third kappa shape index (κ3) is 0.886. The first-order valence-corrected chi connectivity index (χ1v) is 3.98. The number of ketones is 1. The number of rotatable bonds is 2. The molecule has 2 unspecified atom stereocenters. The van der Waals surface area contributed by atoms with Gasteiger partial charge in [-0.05, 0) is 20.3 Å². The molecule has 0 N–H and O–H groups in total. The molecule has 0 radical (unpaired) electrons. The van der Waals surface area contributed by atoms with Crippen LogP contribution in [0.25, 0.3) is 0 Å². The van der Waals surface area contributed by atoms with Gasteiger partial charge < -0.3 is 4.74 Å². The predicted molar refractivity (Wildman–Crippen MR) is 43.5 cm³/mol. The van der Waals surface area contributed by atoms with Gasteiger partial charge in [0.2, 0.25) is 0 Å². The first-order chi connectivity index (χ1) is 5.38. The summed E-state index contributed by atoms with van der Waals surface area (Å²) in [6, 6.07) is 0. The van der Waals surface area contributed by atoms with Crippen LogP contribution >= 0.6 is 0 Å². The molecule has 2 atom stereocenters. The molecule has 3 nitrogen and oxygen atoms in total. The molecule has 0 spiro atoms. The standard InChI is InChI=1S/C9H14O3/c1-6(10)8(2)5-9(8,3)7(11)12-4/h5H2,1-4H3. The lowest BCUT2D eigenvalue weighted by atomic mass is 9.93. The van der Waals surface area contributed by atoms with Crippen molar-refractivity contribution in [3.05, 3.63) is 0 Å². The number of methoxy groups -OCH3 is 1. The molecule has 1 saturated carbocycles. The monoisotopic (exact) mass is 170 g/mol. The van der Waals surface area contributed by atoms with Crippen molar-refractivity contribution in [1.82, 2.24) is 0 Å². The quantitative estimate of drug-likeness (QED) is 0.584. The number of Topliss-reactive ketones (excluding diaryl/α,β-unsaturated/α-hetero) is 1. The summed E-state index contributed by atoms with van der Waals surface area (Å²) in [4.78, 5) is 22.4. The van der Waals surface area contributed by atoms with Gasteiger partial charge in [0.05, 0.1) is 12.5 Å². The Kier molecular flexibility index (Phi) is 1.78. The molecule has 0 aromatic heterocycles. The van der Waals surface area contributed by atoms with Crippen LogP contribution in [0, 0.1) is 10.8 Å². The summed E-state index contributed by atoms with van der Waals surface area (Å²) in [5, 5.41) is 0. The number of hydrogen-bond acceptors (Lipinski definition) is 3. The molecule has 1 rings (SSSR count). The van der Waals surface area contributed by atoms with Crippen molar-refractivity contribution in [2.75, 3.05) is 7.11 Å². The summed E-state index contributed by atoms with van der Waals surface area (Å²) in [5.74, 6) is -0.212. The lowest BCUT2D eigenvalue weighted by Crippen LogP contribution is -2.24. The highest BCUT2D eigenvalue weighted by Crippen LogP contribution is 2.64. The molecule has 0 bridgehead atoms. The Morgan fingerprint density at radius 2 is 1.75 bits per heavy atom. The fourth-order valence-electron chi connectivity index (χ4n) is 1.70. The fourth-order valence-corrected chi connectivity index (χ4v) is 1.70. The van der Waals surface area contributed by atoms with Gasteiger partial charge in [-0.15, -0.1) is 0 Å². The Labute approximate surface area is 72.1 Å². The first kappa shape index (κ1) is 9.23. The van der Waals surface area contributed by atoms with Crippen molar-refractivity contribution in [1.29, 1.82) is 0 Å². The van der Waals surface area contributed by atoms with Crippen LogP contribution in [-0.4, -0.2) is 18.9 Å². The maximum atomic E-state index is 11.2. The Hall–Kier alpha value is -0.860. The molecule has 1 aliphatic rings. The van der Waals surface area contributed by atoms with Gasteiger partial charge >= 0.3 is 5.97 Å². The van der Waals surface area contributed by atoms with E-state index >= 15 is 0 Å². The van der Waals surface area contributed by atoms with E-state index in [0.717, 1.165) is 0 Å². The van der Waals surface area contributed by atoms with E-state index in [0.29, 0.717) is 6.42 Å². The molecule has 12 heavy (non-hydrogen) atoms. The highest BCUT2D eigenvalue weighted by Gasteiger charge is 2.69. The van der Waals surface area contributed by atoms with E-state index in [2.05, 4.69) is 4.74 Å². The molecule has 0 aromatic rings. The largest absolute Gasteiger partial charge is 0.469 e. The van der Waals surface area contributed by atoms with Gasteiger partial charge in [0.25, 0.3) is 0 Å². The second-order valence-corrected chi connectivity index (χ2v) is 3.89.